The summed E-state index contributed by atoms with van der Waals surface area (Å²) in [7, 11) is 5.44. The van der Waals surface area contributed by atoms with Crippen molar-refractivity contribution >= 4 is 23.2 Å². The topological polar surface area (TPSA) is 61.9 Å². The highest BCUT2D eigenvalue weighted by Crippen LogP contribution is 2.25. The third-order valence-corrected chi connectivity index (χ3v) is 4.74. The zero-order chi connectivity index (χ0) is 23.0. The summed E-state index contributed by atoms with van der Waals surface area (Å²) in [5, 5.41) is 2.94. The third-order valence-electron chi connectivity index (χ3n) is 4.74. The molecule has 0 spiro atoms. The molecule has 0 aliphatic carbocycles. The molecule has 2 aromatic rings. The minimum Gasteiger partial charge on any atom is -0.383 e. The fourth-order valence-corrected chi connectivity index (χ4v) is 3.24. The van der Waals surface area contributed by atoms with Crippen molar-refractivity contribution in [2.24, 2.45) is 5.92 Å². The van der Waals surface area contributed by atoms with Gasteiger partial charge in [0.2, 0.25) is 5.91 Å². The first-order chi connectivity index (χ1) is 14.7. The number of carbonyl (C=O) groups is 2. The second kappa shape index (κ2) is 11.5. The average molecular weight is 430 g/mol. The lowest BCUT2D eigenvalue weighted by Gasteiger charge is -2.26. The number of amides is 2. The van der Waals surface area contributed by atoms with Crippen molar-refractivity contribution in [3.8, 4) is 0 Å². The number of benzene rings is 2. The molecule has 0 aliphatic rings. The van der Waals surface area contributed by atoms with Crippen LogP contribution in [0.3, 0.4) is 0 Å². The van der Waals surface area contributed by atoms with E-state index in [1.165, 1.54) is 24.3 Å². The van der Waals surface area contributed by atoms with Crippen molar-refractivity contribution in [1.29, 1.82) is 0 Å². The van der Waals surface area contributed by atoms with Crippen LogP contribution < -0.4 is 10.2 Å². The van der Waals surface area contributed by atoms with Crippen molar-refractivity contribution in [2.45, 2.75) is 26.8 Å². The van der Waals surface area contributed by atoms with E-state index in [1.54, 1.807) is 12.0 Å². The molecule has 168 valence electrons. The molecule has 2 aromatic carbocycles. The highest BCUT2D eigenvalue weighted by atomic mass is 19.1. The maximum atomic E-state index is 13.3. The molecule has 6 nitrogen and oxygen atoms in total. The number of nitrogens with one attached hydrogen (secondary N) is 1. The first kappa shape index (κ1) is 24.3. The molecular formula is C24H32FN3O3. The smallest absolute Gasteiger partial charge is 0.254 e. The summed E-state index contributed by atoms with van der Waals surface area (Å²) in [4.78, 5) is 28.9. The van der Waals surface area contributed by atoms with Crippen molar-refractivity contribution in [1.82, 2.24) is 4.90 Å². The average Bonchev–Trinajstić information content (AvgIpc) is 2.70. The highest BCUT2D eigenvalue weighted by molar-refractivity contribution is 5.94. The van der Waals surface area contributed by atoms with Crippen LogP contribution in [0.5, 0.6) is 0 Å². The van der Waals surface area contributed by atoms with Gasteiger partial charge in [-0.1, -0.05) is 13.8 Å². The van der Waals surface area contributed by atoms with E-state index in [1.807, 2.05) is 51.0 Å². The summed E-state index contributed by atoms with van der Waals surface area (Å²) in [6, 6.07) is 11.2. The molecule has 31 heavy (non-hydrogen) atoms. The van der Waals surface area contributed by atoms with E-state index < -0.39 is 0 Å². The largest absolute Gasteiger partial charge is 0.383 e. The Balaban J connectivity index is 2.32. The molecule has 2 rings (SSSR count). The quantitative estimate of drug-likeness (QED) is 0.616. The number of hydrogen-bond acceptors (Lipinski definition) is 4. The van der Waals surface area contributed by atoms with E-state index >= 15 is 0 Å². The van der Waals surface area contributed by atoms with E-state index in [2.05, 4.69) is 5.32 Å². The second-order valence-corrected chi connectivity index (χ2v) is 8.11. The van der Waals surface area contributed by atoms with Gasteiger partial charge in [0.25, 0.3) is 5.91 Å². The number of rotatable bonds is 10. The third kappa shape index (κ3) is 7.36. The van der Waals surface area contributed by atoms with Crippen LogP contribution in [-0.2, 0) is 16.1 Å². The lowest BCUT2D eigenvalue weighted by atomic mass is 10.1. The second-order valence-electron chi connectivity index (χ2n) is 8.11. The Bertz CT molecular complexity index is 882. The van der Waals surface area contributed by atoms with Gasteiger partial charge in [-0.15, -0.1) is 0 Å². The molecule has 0 atom stereocenters. The van der Waals surface area contributed by atoms with Crippen LogP contribution in [0, 0.1) is 11.7 Å². The molecular weight excluding hydrogens is 397 g/mol. The number of halogens is 1. The SMILES string of the molecule is COCCN(Cc1cc(NC(=O)CC(C)C)ccc1N(C)C)C(=O)c1ccc(F)cc1. The van der Waals surface area contributed by atoms with Crippen LogP contribution in [0.2, 0.25) is 0 Å². The Labute approximate surface area is 184 Å². The van der Waals surface area contributed by atoms with Crippen LogP contribution in [-0.4, -0.2) is 51.1 Å². The fourth-order valence-electron chi connectivity index (χ4n) is 3.24. The van der Waals surface area contributed by atoms with Crippen molar-refractivity contribution in [3.63, 3.8) is 0 Å². The molecule has 0 unspecified atom stereocenters. The molecule has 0 aromatic heterocycles. The van der Waals surface area contributed by atoms with Gasteiger partial charge in [0.1, 0.15) is 5.82 Å². The molecule has 7 heteroatoms. The molecule has 0 saturated carbocycles. The fraction of sp³-hybridized carbons (Fsp3) is 0.417. The molecule has 0 fully saturated rings. The van der Waals surface area contributed by atoms with Crippen LogP contribution in [0.25, 0.3) is 0 Å². The normalized spacial score (nSPS) is 10.8. The van der Waals surface area contributed by atoms with Crippen molar-refractivity contribution in [3.05, 3.63) is 59.4 Å². The van der Waals surface area contributed by atoms with E-state index in [0.717, 1.165) is 11.3 Å². The highest BCUT2D eigenvalue weighted by Gasteiger charge is 2.19. The molecule has 0 saturated heterocycles. The van der Waals surface area contributed by atoms with Gasteiger partial charge in [0.15, 0.2) is 0 Å². The number of anilines is 2. The van der Waals surface area contributed by atoms with Gasteiger partial charge in [0.05, 0.1) is 6.61 Å². The number of methoxy groups -OCH3 is 1. The van der Waals surface area contributed by atoms with Crippen molar-refractivity contribution < 1.29 is 18.7 Å². The lowest BCUT2D eigenvalue weighted by molar-refractivity contribution is -0.116. The molecule has 1 N–H and O–H groups in total. The molecule has 0 bridgehead atoms. The maximum Gasteiger partial charge on any atom is 0.254 e. The lowest BCUT2D eigenvalue weighted by Crippen LogP contribution is -2.34. The Hall–Kier alpha value is -2.93. The van der Waals surface area contributed by atoms with Crippen LogP contribution in [0.1, 0.15) is 36.2 Å². The molecule has 0 heterocycles. The zero-order valence-electron chi connectivity index (χ0n) is 18.9. The zero-order valence-corrected chi connectivity index (χ0v) is 18.9. The van der Waals surface area contributed by atoms with Gasteiger partial charge in [-0.3, -0.25) is 9.59 Å². The molecule has 0 radical (unpaired) electrons. The molecule has 0 aliphatic heterocycles. The summed E-state index contributed by atoms with van der Waals surface area (Å²) in [6.07, 6.45) is 0.438. The summed E-state index contributed by atoms with van der Waals surface area (Å²) >= 11 is 0. The minimum atomic E-state index is -0.389. The predicted molar refractivity (Wildman–Crippen MR) is 122 cm³/mol. The number of ether oxygens (including phenoxy) is 1. The first-order valence-corrected chi connectivity index (χ1v) is 10.3. The van der Waals surface area contributed by atoms with Gasteiger partial charge in [0, 0.05) is 57.7 Å². The minimum absolute atomic E-state index is 0.0443. The van der Waals surface area contributed by atoms with Gasteiger partial charge >= 0.3 is 0 Å². The van der Waals surface area contributed by atoms with Gasteiger partial charge in [-0.05, 0) is 53.9 Å². The summed E-state index contributed by atoms with van der Waals surface area (Å²) in [5.74, 6) is -0.383. The van der Waals surface area contributed by atoms with E-state index in [0.29, 0.717) is 37.4 Å². The van der Waals surface area contributed by atoms with Gasteiger partial charge in [-0.2, -0.15) is 0 Å². The maximum absolute atomic E-state index is 13.3. The first-order valence-electron chi connectivity index (χ1n) is 10.3. The van der Waals surface area contributed by atoms with Crippen LogP contribution in [0.4, 0.5) is 15.8 Å². The monoisotopic (exact) mass is 429 g/mol. The van der Waals surface area contributed by atoms with Crippen molar-refractivity contribution in [2.75, 3.05) is 44.6 Å². The van der Waals surface area contributed by atoms with E-state index in [9.17, 15) is 14.0 Å². The summed E-state index contributed by atoms with van der Waals surface area (Å²) in [5.41, 5.74) is 2.92. The molecule has 2 amide bonds. The Morgan fingerprint density at radius 1 is 1.10 bits per heavy atom. The Kier molecular flexibility index (Phi) is 9.00. The Morgan fingerprint density at radius 3 is 2.35 bits per heavy atom. The number of nitrogens with zero attached hydrogens (tertiary/aromatic N) is 2. The number of hydrogen-bond donors (Lipinski definition) is 1. The number of carbonyl (C=O) groups excluding carboxylic acids is 2. The van der Waals surface area contributed by atoms with E-state index in [-0.39, 0.29) is 23.5 Å². The van der Waals surface area contributed by atoms with Crippen LogP contribution >= 0.6 is 0 Å². The summed E-state index contributed by atoms with van der Waals surface area (Å²) < 4.78 is 18.5. The predicted octanol–water partition coefficient (Wildman–Crippen LogP) is 4.17. The van der Waals surface area contributed by atoms with Gasteiger partial charge in [-0.25, -0.2) is 4.39 Å². The van der Waals surface area contributed by atoms with Crippen LogP contribution in [0.15, 0.2) is 42.5 Å². The summed E-state index contributed by atoms with van der Waals surface area (Å²) in [6.45, 7) is 5.06. The Morgan fingerprint density at radius 2 is 1.77 bits per heavy atom. The van der Waals surface area contributed by atoms with Gasteiger partial charge < -0.3 is 19.9 Å². The standard InChI is InChI=1S/C24H32FN3O3/c1-17(2)14-23(29)26-21-10-11-22(27(3)4)19(15-21)16-28(12-13-31-5)24(30)18-6-8-20(25)9-7-18/h6-11,15,17H,12-14,16H2,1-5H3,(H,26,29). The van der Waals surface area contributed by atoms with E-state index in [4.69, 9.17) is 4.74 Å².